The van der Waals surface area contributed by atoms with Crippen LogP contribution in [0.4, 0.5) is 0 Å². The van der Waals surface area contributed by atoms with Gasteiger partial charge in [-0.1, -0.05) is 36.4 Å². The van der Waals surface area contributed by atoms with E-state index in [0.717, 1.165) is 22.6 Å². The van der Waals surface area contributed by atoms with Crippen molar-refractivity contribution in [1.82, 2.24) is 0 Å². The molecule has 27 heavy (non-hydrogen) atoms. The molecule has 0 aliphatic carbocycles. The number of hydrogen-bond acceptors (Lipinski definition) is 5. The second kappa shape index (κ2) is 10.3. The maximum Gasteiger partial charge on any atom is 0.488 e. The zero-order valence-electron chi connectivity index (χ0n) is 15.6. The summed E-state index contributed by atoms with van der Waals surface area (Å²) in [5.74, 6) is 2.34. The van der Waals surface area contributed by atoms with Crippen molar-refractivity contribution in [3.63, 3.8) is 0 Å². The van der Waals surface area contributed by atoms with E-state index in [1.807, 2.05) is 36.4 Å². The standard InChI is InChI=1S/C14H14O2.C7H9BO3/c1-15-13-7-3-5-11(9-13)12-6-4-8-14(10-12)16-2;1-11-7-4-2-3-6(5-7)8(9)10/h3-10H,1-2H3;2-5,9-10H,1H3. The first kappa shape index (κ1) is 20.4. The van der Waals surface area contributed by atoms with Crippen molar-refractivity contribution in [1.29, 1.82) is 0 Å². The molecular formula is C21H23BO5. The van der Waals surface area contributed by atoms with Crippen LogP contribution >= 0.6 is 0 Å². The van der Waals surface area contributed by atoms with E-state index in [1.54, 1.807) is 38.5 Å². The van der Waals surface area contributed by atoms with E-state index >= 15 is 0 Å². The van der Waals surface area contributed by atoms with Gasteiger partial charge in [0.2, 0.25) is 0 Å². The van der Waals surface area contributed by atoms with Crippen molar-refractivity contribution < 1.29 is 24.3 Å². The monoisotopic (exact) mass is 366 g/mol. The van der Waals surface area contributed by atoms with Crippen LogP contribution in [0.2, 0.25) is 0 Å². The number of hydrogen-bond donors (Lipinski definition) is 2. The maximum atomic E-state index is 8.74. The van der Waals surface area contributed by atoms with Gasteiger partial charge in [0, 0.05) is 0 Å². The highest BCUT2D eigenvalue weighted by atomic mass is 16.5. The summed E-state index contributed by atoms with van der Waals surface area (Å²) in [4.78, 5) is 0. The molecule has 0 aliphatic heterocycles. The lowest BCUT2D eigenvalue weighted by molar-refractivity contribution is 0.412. The zero-order valence-corrected chi connectivity index (χ0v) is 15.6. The van der Waals surface area contributed by atoms with E-state index in [1.165, 1.54) is 7.11 Å². The van der Waals surface area contributed by atoms with Gasteiger partial charge in [-0.15, -0.1) is 0 Å². The lowest BCUT2D eigenvalue weighted by atomic mass is 9.80. The predicted molar refractivity (Wildman–Crippen MR) is 108 cm³/mol. The van der Waals surface area contributed by atoms with E-state index in [0.29, 0.717) is 11.2 Å². The summed E-state index contributed by atoms with van der Waals surface area (Å²) in [6, 6.07) is 22.6. The summed E-state index contributed by atoms with van der Waals surface area (Å²) >= 11 is 0. The molecule has 3 aromatic carbocycles. The Morgan fingerprint density at radius 1 is 0.593 bits per heavy atom. The second-order valence-electron chi connectivity index (χ2n) is 5.61. The highest BCUT2D eigenvalue weighted by Crippen LogP contribution is 2.26. The summed E-state index contributed by atoms with van der Waals surface area (Å²) in [6.45, 7) is 0. The molecule has 5 nitrogen and oxygen atoms in total. The molecule has 3 rings (SSSR count). The predicted octanol–water partition coefficient (Wildman–Crippen LogP) is 2.75. The fraction of sp³-hybridized carbons (Fsp3) is 0.143. The fourth-order valence-electron chi connectivity index (χ4n) is 2.41. The number of ether oxygens (including phenoxy) is 3. The van der Waals surface area contributed by atoms with Gasteiger partial charge in [-0.2, -0.15) is 0 Å². The summed E-state index contributed by atoms with van der Waals surface area (Å²) < 4.78 is 15.3. The van der Waals surface area contributed by atoms with E-state index in [-0.39, 0.29) is 0 Å². The van der Waals surface area contributed by atoms with Crippen molar-refractivity contribution in [3.8, 4) is 28.4 Å². The Morgan fingerprint density at radius 3 is 1.41 bits per heavy atom. The normalized spacial score (nSPS) is 9.67. The van der Waals surface area contributed by atoms with Gasteiger partial charge < -0.3 is 24.3 Å². The molecule has 0 unspecified atom stereocenters. The van der Waals surface area contributed by atoms with Crippen LogP contribution < -0.4 is 19.7 Å². The fourth-order valence-corrected chi connectivity index (χ4v) is 2.41. The van der Waals surface area contributed by atoms with E-state index in [9.17, 15) is 0 Å². The molecular weight excluding hydrogens is 343 g/mol. The highest BCUT2D eigenvalue weighted by molar-refractivity contribution is 6.58. The highest BCUT2D eigenvalue weighted by Gasteiger charge is 2.10. The first-order valence-electron chi connectivity index (χ1n) is 8.36. The maximum absolute atomic E-state index is 8.74. The molecule has 0 saturated carbocycles. The molecule has 3 aromatic rings. The van der Waals surface area contributed by atoms with E-state index in [4.69, 9.17) is 24.3 Å². The van der Waals surface area contributed by atoms with Gasteiger partial charge in [0.1, 0.15) is 17.2 Å². The van der Waals surface area contributed by atoms with Gasteiger partial charge in [-0.3, -0.25) is 0 Å². The Labute approximate surface area is 159 Å². The summed E-state index contributed by atoms with van der Waals surface area (Å²) in [7, 11) is 3.45. The smallest absolute Gasteiger partial charge is 0.488 e. The van der Waals surface area contributed by atoms with E-state index in [2.05, 4.69) is 12.1 Å². The van der Waals surface area contributed by atoms with Gasteiger partial charge in [-0.05, 0) is 53.0 Å². The molecule has 0 amide bonds. The van der Waals surface area contributed by atoms with Crippen LogP contribution in [-0.2, 0) is 0 Å². The number of benzene rings is 3. The van der Waals surface area contributed by atoms with Crippen LogP contribution in [0.1, 0.15) is 0 Å². The molecule has 0 heterocycles. The lowest BCUT2D eigenvalue weighted by Crippen LogP contribution is -2.29. The average molecular weight is 366 g/mol. The lowest BCUT2D eigenvalue weighted by Gasteiger charge is -2.06. The van der Waals surface area contributed by atoms with Gasteiger partial charge in [-0.25, -0.2) is 0 Å². The molecule has 140 valence electrons. The van der Waals surface area contributed by atoms with Gasteiger partial charge >= 0.3 is 7.12 Å². The minimum absolute atomic E-state index is 0.435. The van der Waals surface area contributed by atoms with Gasteiger partial charge in [0.15, 0.2) is 0 Å². The van der Waals surface area contributed by atoms with Crippen LogP contribution in [0.5, 0.6) is 17.2 Å². The minimum Gasteiger partial charge on any atom is -0.497 e. The van der Waals surface area contributed by atoms with Crippen LogP contribution in [0.3, 0.4) is 0 Å². The molecule has 0 aliphatic rings. The van der Waals surface area contributed by atoms with Crippen molar-refractivity contribution in [2.45, 2.75) is 0 Å². The van der Waals surface area contributed by atoms with Crippen LogP contribution in [0.25, 0.3) is 11.1 Å². The van der Waals surface area contributed by atoms with Crippen molar-refractivity contribution >= 4 is 12.6 Å². The zero-order chi connectivity index (χ0) is 19.6. The van der Waals surface area contributed by atoms with Crippen LogP contribution in [-0.4, -0.2) is 38.5 Å². The van der Waals surface area contributed by atoms with Crippen molar-refractivity contribution in [2.24, 2.45) is 0 Å². The van der Waals surface area contributed by atoms with Gasteiger partial charge in [0.25, 0.3) is 0 Å². The van der Waals surface area contributed by atoms with Crippen molar-refractivity contribution in [2.75, 3.05) is 21.3 Å². The van der Waals surface area contributed by atoms with Crippen LogP contribution in [0.15, 0.2) is 72.8 Å². The van der Waals surface area contributed by atoms with Gasteiger partial charge in [0.05, 0.1) is 21.3 Å². The largest absolute Gasteiger partial charge is 0.497 e. The summed E-state index contributed by atoms with van der Waals surface area (Å²) in [6.07, 6.45) is 0. The third-order valence-electron chi connectivity index (χ3n) is 3.86. The molecule has 0 spiro atoms. The number of rotatable bonds is 5. The summed E-state index contributed by atoms with van der Waals surface area (Å²) in [5.41, 5.74) is 2.68. The van der Waals surface area contributed by atoms with Crippen molar-refractivity contribution in [3.05, 3.63) is 72.8 Å². The van der Waals surface area contributed by atoms with Crippen LogP contribution in [0, 0.1) is 0 Å². The minimum atomic E-state index is -1.43. The Hall–Kier alpha value is -2.96. The Kier molecular flexibility index (Phi) is 7.73. The molecule has 0 bridgehead atoms. The molecule has 0 fully saturated rings. The summed E-state index contributed by atoms with van der Waals surface area (Å²) in [5, 5.41) is 17.5. The second-order valence-corrected chi connectivity index (χ2v) is 5.61. The molecule has 2 N–H and O–H groups in total. The molecule has 0 saturated heterocycles. The molecule has 0 atom stereocenters. The Bertz CT molecular complexity index is 806. The average Bonchev–Trinajstić information content (AvgIpc) is 2.74. The first-order valence-corrected chi connectivity index (χ1v) is 8.36. The van der Waals surface area contributed by atoms with E-state index < -0.39 is 7.12 Å². The third kappa shape index (κ3) is 6.06. The SMILES string of the molecule is COc1cccc(-c2cccc(OC)c2)c1.COc1cccc(B(O)O)c1. The Morgan fingerprint density at radius 2 is 1.00 bits per heavy atom. The Balaban J connectivity index is 0.000000208. The topological polar surface area (TPSA) is 68.2 Å². The molecule has 0 aromatic heterocycles. The first-order chi connectivity index (χ1) is 13.1. The molecule has 6 heteroatoms. The third-order valence-corrected chi connectivity index (χ3v) is 3.86. The quantitative estimate of drug-likeness (QED) is 0.680. The number of methoxy groups -OCH3 is 3. The molecule has 0 radical (unpaired) electrons.